The summed E-state index contributed by atoms with van der Waals surface area (Å²) >= 11 is 9.14. The lowest BCUT2D eigenvalue weighted by atomic mass is 10.1. The minimum atomic E-state index is -3.60. The van der Waals surface area contributed by atoms with Crippen LogP contribution in [-0.2, 0) is 14.8 Å². The van der Waals surface area contributed by atoms with Crippen LogP contribution in [0.4, 0.5) is 5.69 Å². The van der Waals surface area contributed by atoms with Gasteiger partial charge in [0.05, 0.1) is 16.0 Å². The number of nitrogen functional groups attached to an aromatic ring is 1. The molecule has 1 aliphatic heterocycles. The van der Waals surface area contributed by atoms with Crippen molar-refractivity contribution in [1.82, 2.24) is 4.31 Å². The van der Waals surface area contributed by atoms with Crippen molar-refractivity contribution in [2.24, 2.45) is 5.92 Å². The number of hydrogen-bond donors (Lipinski definition) is 1. The summed E-state index contributed by atoms with van der Waals surface area (Å²) in [7, 11) is -1.98. The van der Waals surface area contributed by atoms with Gasteiger partial charge in [0.2, 0.25) is 10.0 Å². The molecule has 1 aliphatic rings. The van der Waals surface area contributed by atoms with Gasteiger partial charge in [0.25, 0.3) is 0 Å². The van der Waals surface area contributed by atoms with E-state index in [1.165, 1.54) is 16.4 Å². The number of sulfonamides is 1. The molecule has 0 saturated carbocycles. The summed E-state index contributed by atoms with van der Waals surface area (Å²) in [4.78, 5) is 0.112. The summed E-state index contributed by atoms with van der Waals surface area (Å²) in [6.07, 6.45) is 0.792. The summed E-state index contributed by atoms with van der Waals surface area (Å²) in [5.74, 6) is 0.227. The Morgan fingerprint density at radius 3 is 2.90 bits per heavy atom. The zero-order chi connectivity index (χ0) is 14.9. The van der Waals surface area contributed by atoms with E-state index >= 15 is 0 Å². The average molecular weight is 384 g/mol. The van der Waals surface area contributed by atoms with Crippen LogP contribution in [0.5, 0.6) is 0 Å². The lowest BCUT2D eigenvalue weighted by molar-refractivity contribution is 0.157. The van der Waals surface area contributed by atoms with Crippen LogP contribution >= 0.6 is 27.5 Å². The molecule has 1 fully saturated rings. The molecule has 2 N–H and O–H groups in total. The van der Waals surface area contributed by atoms with Gasteiger partial charge in [0, 0.05) is 30.9 Å². The van der Waals surface area contributed by atoms with E-state index in [1.54, 1.807) is 7.11 Å². The Labute approximate surface area is 132 Å². The minimum Gasteiger partial charge on any atom is -0.398 e. The molecule has 1 aromatic rings. The first kappa shape index (κ1) is 16.0. The van der Waals surface area contributed by atoms with Gasteiger partial charge in [-0.1, -0.05) is 11.6 Å². The molecule has 0 radical (unpaired) electrons. The first-order valence-corrected chi connectivity index (χ1v) is 8.71. The van der Waals surface area contributed by atoms with Crippen LogP contribution in [0.25, 0.3) is 0 Å². The Morgan fingerprint density at radius 1 is 1.55 bits per heavy atom. The molecule has 20 heavy (non-hydrogen) atoms. The van der Waals surface area contributed by atoms with E-state index in [0.29, 0.717) is 34.9 Å². The van der Waals surface area contributed by atoms with Gasteiger partial charge in [-0.05, 0) is 40.4 Å². The fourth-order valence-electron chi connectivity index (χ4n) is 2.30. The van der Waals surface area contributed by atoms with Gasteiger partial charge in [-0.3, -0.25) is 0 Å². The third-order valence-corrected chi connectivity index (χ3v) is 6.56. The van der Waals surface area contributed by atoms with Gasteiger partial charge in [-0.2, -0.15) is 4.31 Å². The summed E-state index contributed by atoms with van der Waals surface area (Å²) in [6, 6.07) is 2.93. The van der Waals surface area contributed by atoms with E-state index in [0.717, 1.165) is 6.42 Å². The highest BCUT2D eigenvalue weighted by molar-refractivity contribution is 9.10. The second-order valence-electron chi connectivity index (χ2n) is 4.78. The zero-order valence-electron chi connectivity index (χ0n) is 11.0. The van der Waals surface area contributed by atoms with Gasteiger partial charge >= 0.3 is 0 Å². The highest BCUT2D eigenvalue weighted by atomic mass is 79.9. The molecule has 1 atom stereocenters. The van der Waals surface area contributed by atoms with Crippen LogP contribution in [0.15, 0.2) is 21.5 Å². The highest BCUT2D eigenvalue weighted by Crippen LogP contribution is 2.34. The van der Waals surface area contributed by atoms with Crippen molar-refractivity contribution in [2.75, 3.05) is 32.5 Å². The van der Waals surface area contributed by atoms with E-state index in [4.69, 9.17) is 22.1 Å². The van der Waals surface area contributed by atoms with Crippen molar-refractivity contribution in [1.29, 1.82) is 0 Å². The average Bonchev–Trinajstić information content (AvgIpc) is 2.83. The van der Waals surface area contributed by atoms with Crippen molar-refractivity contribution in [3.8, 4) is 0 Å². The van der Waals surface area contributed by atoms with Gasteiger partial charge in [0.15, 0.2) is 0 Å². The van der Waals surface area contributed by atoms with E-state index in [1.807, 2.05) is 0 Å². The lowest BCUT2D eigenvalue weighted by Gasteiger charge is -2.18. The monoisotopic (exact) mass is 382 g/mol. The van der Waals surface area contributed by atoms with Crippen molar-refractivity contribution in [3.63, 3.8) is 0 Å². The third-order valence-electron chi connectivity index (χ3n) is 3.30. The summed E-state index contributed by atoms with van der Waals surface area (Å²) in [6.45, 7) is 1.50. The molecular formula is C12H16BrClN2O3S. The Bertz CT molecular complexity index is 609. The van der Waals surface area contributed by atoms with Crippen LogP contribution < -0.4 is 5.73 Å². The molecule has 0 aromatic heterocycles. The molecule has 1 saturated heterocycles. The second kappa shape index (κ2) is 6.19. The number of anilines is 1. The second-order valence-corrected chi connectivity index (χ2v) is 7.92. The fraction of sp³-hybridized carbons (Fsp3) is 0.500. The maximum absolute atomic E-state index is 12.7. The van der Waals surface area contributed by atoms with E-state index in [2.05, 4.69) is 15.9 Å². The molecule has 2 rings (SSSR count). The molecule has 0 aliphatic carbocycles. The fourth-order valence-corrected chi connectivity index (χ4v) is 5.08. The summed E-state index contributed by atoms with van der Waals surface area (Å²) in [5, 5.41) is 0.303. The molecule has 0 bridgehead atoms. The van der Waals surface area contributed by atoms with E-state index in [9.17, 15) is 8.42 Å². The number of benzene rings is 1. The van der Waals surface area contributed by atoms with Crippen LogP contribution in [0.3, 0.4) is 0 Å². The first-order chi connectivity index (χ1) is 9.36. The smallest absolute Gasteiger partial charge is 0.244 e. The quantitative estimate of drug-likeness (QED) is 0.810. The van der Waals surface area contributed by atoms with Crippen LogP contribution in [0, 0.1) is 5.92 Å². The zero-order valence-corrected chi connectivity index (χ0v) is 14.1. The van der Waals surface area contributed by atoms with Crippen LogP contribution in [0.1, 0.15) is 6.42 Å². The largest absolute Gasteiger partial charge is 0.398 e. The van der Waals surface area contributed by atoms with Crippen LogP contribution in [0.2, 0.25) is 5.02 Å². The SMILES string of the molecule is COCC1CCN(S(=O)(=O)c2cc(Cl)cc(N)c2Br)C1. The Balaban J connectivity index is 2.32. The van der Waals surface area contributed by atoms with Gasteiger partial charge in [-0.15, -0.1) is 0 Å². The Morgan fingerprint density at radius 2 is 2.25 bits per heavy atom. The number of hydrogen-bond acceptors (Lipinski definition) is 4. The topological polar surface area (TPSA) is 72.6 Å². The van der Waals surface area contributed by atoms with Gasteiger partial charge < -0.3 is 10.5 Å². The minimum absolute atomic E-state index is 0.112. The van der Waals surface area contributed by atoms with Crippen molar-refractivity contribution in [2.45, 2.75) is 11.3 Å². The van der Waals surface area contributed by atoms with Crippen LogP contribution in [-0.4, -0.2) is 39.5 Å². The van der Waals surface area contributed by atoms with Crippen molar-refractivity contribution < 1.29 is 13.2 Å². The molecule has 1 heterocycles. The van der Waals surface area contributed by atoms with Crippen molar-refractivity contribution >= 4 is 43.2 Å². The predicted molar refractivity (Wildman–Crippen MR) is 82.3 cm³/mol. The van der Waals surface area contributed by atoms with Gasteiger partial charge in [0.1, 0.15) is 0 Å². The number of ether oxygens (including phenoxy) is 1. The summed E-state index contributed by atoms with van der Waals surface area (Å²) in [5.41, 5.74) is 6.07. The standard InChI is InChI=1S/C12H16BrClN2O3S/c1-19-7-8-2-3-16(6-8)20(17,18)11-5-9(14)4-10(15)12(11)13/h4-5,8H,2-3,6-7,15H2,1H3. The molecule has 0 amide bonds. The number of halogens is 2. The number of nitrogens with two attached hydrogens (primary N) is 1. The highest BCUT2D eigenvalue weighted by Gasteiger charge is 2.34. The number of nitrogens with zero attached hydrogens (tertiary/aromatic N) is 1. The molecule has 1 aromatic carbocycles. The first-order valence-electron chi connectivity index (χ1n) is 6.10. The number of rotatable bonds is 4. The maximum atomic E-state index is 12.7. The normalized spacial score (nSPS) is 20.4. The van der Waals surface area contributed by atoms with Gasteiger partial charge in [-0.25, -0.2) is 8.42 Å². The molecule has 8 heteroatoms. The predicted octanol–water partition coefficient (Wildman–Crippen LogP) is 2.34. The van der Waals surface area contributed by atoms with Crippen molar-refractivity contribution in [3.05, 3.63) is 21.6 Å². The Hall–Kier alpha value is -0.340. The third kappa shape index (κ3) is 3.12. The number of methoxy groups -OCH3 is 1. The Kier molecular flexibility index (Phi) is 4.96. The molecular weight excluding hydrogens is 368 g/mol. The van der Waals surface area contributed by atoms with E-state index < -0.39 is 10.0 Å². The molecule has 1 unspecified atom stereocenters. The summed E-state index contributed by atoms with van der Waals surface area (Å²) < 4.78 is 32.2. The molecule has 0 spiro atoms. The maximum Gasteiger partial charge on any atom is 0.244 e. The van der Waals surface area contributed by atoms with E-state index in [-0.39, 0.29) is 10.8 Å². The lowest BCUT2D eigenvalue weighted by Crippen LogP contribution is -2.29. The molecule has 112 valence electrons. The molecule has 5 nitrogen and oxygen atoms in total.